The number of ether oxygens (including phenoxy) is 1. The zero-order valence-corrected chi connectivity index (χ0v) is 13.1. The summed E-state index contributed by atoms with van der Waals surface area (Å²) in [6.45, 7) is 0.948. The smallest absolute Gasteiger partial charge is 0.415 e. The summed E-state index contributed by atoms with van der Waals surface area (Å²) in [5.41, 5.74) is 2.40. The number of hydrogen-bond donors (Lipinski definition) is 1. The highest BCUT2D eigenvalue weighted by Gasteiger charge is 2.68. The summed E-state index contributed by atoms with van der Waals surface area (Å²) in [5.74, 6) is -1.16. The fourth-order valence-electron chi connectivity index (χ4n) is 1.98. The zero-order valence-electron chi connectivity index (χ0n) is 11.6. The van der Waals surface area contributed by atoms with Crippen molar-refractivity contribution in [2.75, 3.05) is 0 Å². The molecule has 1 aliphatic rings. The van der Waals surface area contributed by atoms with Gasteiger partial charge in [-0.2, -0.15) is 13.2 Å². The van der Waals surface area contributed by atoms with E-state index in [0.29, 0.717) is 6.08 Å². The van der Waals surface area contributed by atoms with Gasteiger partial charge in [0, 0.05) is 18.1 Å². The molecule has 0 fully saturated rings. The van der Waals surface area contributed by atoms with E-state index in [1.807, 2.05) is 0 Å². The predicted molar refractivity (Wildman–Crippen MR) is 76.7 cm³/mol. The first-order valence-electron chi connectivity index (χ1n) is 6.12. The van der Waals surface area contributed by atoms with Gasteiger partial charge in [0.2, 0.25) is 4.87 Å². The molecule has 2 rings (SSSR count). The van der Waals surface area contributed by atoms with Crippen LogP contribution in [0.4, 0.5) is 13.2 Å². The van der Waals surface area contributed by atoms with Crippen LogP contribution in [0.5, 0.6) is 0 Å². The van der Waals surface area contributed by atoms with E-state index in [1.165, 1.54) is 12.4 Å². The Morgan fingerprint density at radius 2 is 2.04 bits per heavy atom. The number of halogens is 5. The minimum Gasteiger partial charge on any atom is -0.446 e. The molecule has 0 spiro atoms. The van der Waals surface area contributed by atoms with Crippen LogP contribution in [-0.2, 0) is 4.74 Å². The quantitative estimate of drug-likeness (QED) is 0.642. The third-order valence-electron chi connectivity index (χ3n) is 3.29. The Labute approximate surface area is 138 Å². The van der Waals surface area contributed by atoms with Gasteiger partial charge in [-0.3, -0.25) is 4.98 Å². The second kappa shape index (κ2) is 5.68. The molecule has 124 valence electrons. The summed E-state index contributed by atoms with van der Waals surface area (Å²) in [5, 5.41) is -0.470. The van der Waals surface area contributed by atoms with Gasteiger partial charge >= 0.3 is 12.1 Å². The van der Waals surface area contributed by atoms with E-state index < -0.39 is 27.7 Å². The number of alkyl halides is 4. The maximum absolute atomic E-state index is 13.5. The number of esters is 1. The lowest BCUT2D eigenvalue weighted by molar-refractivity contribution is -0.185. The first-order valence-corrected chi connectivity index (χ1v) is 6.88. The summed E-state index contributed by atoms with van der Waals surface area (Å²) in [4.78, 5) is 16.2. The number of carbonyl (C=O) groups is 1. The van der Waals surface area contributed by atoms with E-state index in [2.05, 4.69) is 9.97 Å². The molecule has 0 aliphatic heterocycles. The van der Waals surface area contributed by atoms with Gasteiger partial charge in [-0.1, -0.05) is 23.2 Å². The van der Waals surface area contributed by atoms with Crippen LogP contribution in [0.3, 0.4) is 0 Å². The number of hydrogen-bond acceptors (Lipinski definition) is 5. The van der Waals surface area contributed by atoms with Crippen LogP contribution >= 0.6 is 23.2 Å². The molecule has 10 heteroatoms. The molecule has 5 nitrogen and oxygen atoms in total. The standard InChI is InChI=1S/C13H10Cl2F3N3O2/c1-11(23-10(22)8-6-20-2-3-21-8)9(14)4-7(19)5-12(11,15)13(16,17)18/h2-6H,19H2,1H3. The van der Waals surface area contributed by atoms with Crippen molar-refractivity contribution in [1.29, 1.82) is 0 Å². The SMILES string of the molecule is CC1(OC(=O)c2cnccn2)C(Cl)=CC(N)=CC1(Cl)C(F)(F)F. The first-order chi connectivity index (χ1) is 10.5. The molecule has 2 N–H and O–H groups in total. The molecule has 2 atom stereocenters. The van der Waals surface area contributed by atoms with Crippen molar-refractivity contribution in [3.05, 3.63) is 47.2 Å². The topological polar surface area (TPSA) is 78.1 Å². The van der Waals surface area contributed by atoms with E-state index >= 15 is 0 Å². The Kier molecular flexibility index (Phi) is 4.34. The summed E-state index contributed by atoms with van der Waals surface area (Å²) >= 11 is 11.6. The monoisotopic (exact) mass is 367 g/mol. The second-order valence-corrected chi connectivity index (χ2v) is 5.86. The Morgan fingerprint density at radius 3 is 2.57 bits per heavy atom. The maximum atomic E-state index is 13.5. The van der Waals surface area contributed by atoms with E-state index in [-0.39, 0.29) is 11.4 Å². The predicted octanol–water partition coefficient (Wildman–Crippen LogP) is 2.91. The van der Waals surface area contributed by atoms with Gasteiger partial charge in [-0.05, 0) is 19.1 Å². The molecule has 2 unspecified atom stereocenters. The molecule has 1 heterocycles. The van der Waals surface area contributed by atoms with E-state index in [0.717, 1.165) is 19.2 Å². The lowest BCUT2D eigenvalue weighted by Crippen LogP contribution is -2.60. The third kappa shape index (κ3) is 2.88. The van der Waals surface area contributed by atoms with Crippen molar-refractivity contribution in [3.63, 3.8) is 0 Å². The molecule has 0 saturated carbocycles. The summed E-state index contributed by atoms with van der Waals surface area (Å²) in [7, 11) is 0. The number of aromatic nitrogens is 2. The van der Waals surface area contributed by atoms with Crippen LogP contribution in [0.2, 0.25) is 0 Å². The van der Waals surface area contributed by atoms with Crippen molar-refractivity contribution in [3.8, 4) is 0 Å². The van der Waals surface area contributed by atoms with Crippen molar-refractivity contribution in [2.45, 2.75) is 23.6 Å². The molecule has 0 radical (unpaired) electrons. The van der Waals surface area contributed by atoms with E-state index in [1.54, 1.807) is 0 Å². The minimum absolute atomic E-state index is 0.290. The average Bonchev–Trinajstić information content (AvgIpc) is 2.45. The summed E-state index contributed by atoms with van der Waals surface area (Å²) in [6, 6.07) is 0. The number of rotatable bonds is 2. The Balaban J connectivity index is 2.48. The summed E-state index contributed by atoms with van der Waals surface area (Å²) in [6.07, 6.45) is 0.108. The average molecular weight is 368 g/mol. The van der Waals surface area contributed by atoms with Crippen LogP contribution < -0.4 is 5.73 Å². The van der Waals surface area contributed by atoms with Crippen LogP contribution in [0, 0.1) is 0 Å². The van der Waals surface area contributed by atoms with Gasteiger partial charge in [0.1, 0.15) is 0 Å². The summed E-state index contributed by atoms with van der Waals surface area (Å²) < 4.78 is 45.4. The van der Waals surface area contributed by atoms with Gasteiger partial charge in [0.05, 0.1) is 11.2 Å². The number of nitrogens with zero attached hydrogens (tertiary/aromatic N) is 2. The fraction of sp³-hybridized carbons (Fsp3) is 0.308. The Morgan fingerprint density at radius 1 is 1.39 bits per heavy atom. The molecule has 1 aromatic heterocycles. The normalized spacial score (nSPS) is 27.9. The molecule has 23 heavy (non-hydrogen) atoms. The van der Waals surface area contributed by atoms with E-state index in [4.69, 9.17) is 33.7 Å². The molecule has 0 aromatic carbocycles. The second-order valence-electron chi connectivity index (χ2n) is 4.86. The van der Waals surface area contributed by atoms with Gasteiger partial charge in [0.25, 0.3) is 0 Å². The molecule has 1 aromatic rings. The highest BCUT2D eigenvalue weighted by molar-refractivity contribution is 6.34. The Bertz CT molecular complexity index is 693. The van der Waals surface area contributed by atoms with E-state index in [9.17, 15) is 18.0 Å². The molecule has 0 amide bonds. The van der Waals surface area contributed by atoms with Crippen molar-refractivity contribution in [1.82, 2.24) is 9.97 Å². The third-order valence-corrected chi connectivity index (χ3v) is 4.44. The van der Waals surface area contributed by atoms with Gasteiger partial charge in [-0.25, -0.2) is 9.78 Å². The molecular formula is C13H10Cl2F3N3O2. The first kappa shape index (κ1) is 17.6. The van der Waals surface area contributed by atoms with Crippen molar-refractivity contribution >= 4 is 29.2 Å². The fourth-order valence-corrected chi connectivity index (χ4v) is 2.61. The highest BCUT2D eigenvalue weighted by atomic mass is 35.5. The van der Waals surface area contributed by atoms with Crippen molar-refractivity contribution in [2.24, 2.45) is 5.73 Å². The number of allylic oxidation sites excluding steroid dienone is 1. The number of nitrogens with two attached hydrogens (primary N) is 1. The highest BCUT2D eigenvalue weighted by Crippen LogP contribution is 2.53. The van der Waals surface area contributed by atoms with Gasteiger partial charge < -0.3 is 10.5 Å². The van der Waals surface area contributed by atoms with Crippen LogP contribution in [0.1, 0.15) is 17.4 Å². The molecular weight excluding hydrogens is 358 g/mol. The van der Waals surface area contributed by atoms with Gasteiger partial charge in [-0.15, -0.1) is 0 Å². The van der Waals surface area contributed by atoms with Crippen molar-refractivity contribution < 1.29 is 22.7 Å². The Hall–Kier alpha value is -1.80. The number of carbonyl (C=O) groups excluding carboxylic acids is 1. The van der Waals surface area contributed by atoms with Crippen LogP contribution in [0.25, 0.3) is 0 Å². The van der Waals surface area contributed by atoms with Gasteiger partial charge in [0.15, 0.2) is 11.3 Å². The molecule has 1 aliphatic carbocycles. The van der Waals surface area contributed by atoms with Crippen LogP contribution in [-0.4, -0.2) is 32.6 Å². The lowest BCUT2D eigenvalue weighted by Gasteiger charge is -2.44. The largest absolute Gasteiger partial charge is 0.446 e. The molecule has 0 bridgehead atoms. The molecule has 0 saturated heterocycles. The van der Waals surface area contributed by atoms with Crippen LogP contribution in [0.15, 0.2) is 41.5 Å². The maximum Gasteiger partial charge on any atom is 0.415 e. The zero-order chi connectivity index (χ0) is 17.5. The lowest BCUT2D eigenvalue weighted by atomic mass is 9.82. The minimum atomic E-state index is -5.00.